The second kappa shape index (κ2) is 7.99. The monoisotopic (exact) mass is 384 g/mol. The van der Waals surface area contributed by atoms with Crippen molar-refractivity contribution in [3.63, 3.8) is 0 Å². The van der Waals surface area contributed by atoms with E-state index < -0.39 is 6.29 Å². The molecule has 0 bridgehead atoms. The van der Waals surface area contributed by atoms with Gasteiger partial charge in [0.25, 0.3) is 0 Å². The van der Waals surface area contributed by atoms with Gasteiger partial charge in [0.1, 0.15) is 0 Å². The Morgan fingerprint density at radius 2 is 1.96 bits per heavy atom. The maximum atomic E-state index is 12.5. The number of urea groups is 2. The van der Waals surface area contributed by atoms with Crippen molar-refractivity contribution in [1.82, 2.24) is 30.4 Å². The molecule has 1 atom stereocenters. The van der Waals surface area contributed by atoms with Gasteiger partial charge in [-0.2, -0.15) is 0 Å². The van der Waals surface area contributed by atoms with E-state index >= 15 is 0 Å². The molecule has 2 aromatic rings. The van der Waals surface area contributed by atoms with Crippen LogP contribution >= 0.6 is 0 Å². The summed E-state index contributed by atoms with van der Waals surface area (Å²) in [6, 6.07) is 7.02. The first-order valence-electron chi connectivity index (χ1n) is 9.44. The number of nitrogens with zero attached hydrogens (tertiary/aromatic N) is 3. The number of benzene rings is 1. The van der Waals surface area contributed by atoms with Crippen LogP contribution < -0.4 is 16.0 Å². The molecule has 9 nitrogen and oxygen atoms in total. The van der Waals surface area contributed by atoms with E-state index in [2.05, 4.69) is 20.9 Å². The van der Waals surface area contributed by atoms with Gasteiger partial charge in [-0.3, -0.25) is 5.32 Å². The van der Waals surface area contributed by atoms with Crippen molar-refractivity contribution in [3.8, 4) is 5.69 Å². The second-order valence-electron chi connectivity index (χ2n) is 7.00. The molecule has 1 aromatic carbocycles. The number of imide groups is 1. The number of rotatable bonds is 5. The van der Waals surface area contributed by atoms with Gasteiger partial charge in [0, 0.05) is 43.4 Å². The first-order chi connectivity index (χ1) is 13.6. The van der Waals surface area contributed by atoms with Crippen LogP contribution in [0.3, 0.4) is 0 Å². The number of nitrogens with one attached hydrogen (secondary N) is 3. The third-order valence-electron chi connectivity index (χ3n) is 5.12. The van der Waals surface area contributed by atoms with Crippen LogP contribution in [0.15, 0.2) is 43.0 Å². The molecule has 2 fully saturated rings. The maximum absolute atomic E-state index is 12.5. The molecule has 148 valence electrons. The van der Waals surface area contributed by atoms with Crippen LogP contribution in [-0.2, 0) is 4.74 Å². The Balaban J connectivity index is 1.40. The number of hydrogen-bond acceptors (Lipinski definition) is 5. The van der Waals surface area contributed by atoms with Crippen LogP contribution in [0.25, 0.3) is 5.69 Å². The molecule has 2 aliphatic rings. The van der Waals surface area contributed by atoms with E-state index in [1.807, 2.05) is 42.0 Å². The van der Waals surface area contributed by atoms with E-state index in [1.54, 1.807) is 12.5 Å². The number of hydrogen-bond donors (Lipinski definition) is 3. The van der Waals surface area contributed by atoms with Crippen molar-refractivity contribution >= 4 is 12.1 Å². The van der Waals surface area contributed by atoms with Crippen LogP contribution in [0.1, 0.15) is 31.4 Å². The van der Waals surface area contributed by atoms with Gasteiger partial charge < -0.3 is 19.9 Å². The molecule has 0 saturated carbocycles. The molecule has 0 radical (unpaired) electrons. The van der Waals surface area contributed by atoms with Crippen LogP contribution in [0.2, 0.25) is 0 Å². The minimum absolute atomic E-state index is 0.0938. The lowest BCUT2D eigenvalue weighted by Crippen LogP contribution is -2.70. The zero-order valence-electron chi connectivity index (χ0n) is 15.7. The smallest absolute Gasteiger partial charge is 0.328 e. The van der Waals surface area contributed by atoms with E-state index in [4.69, 9.17) is 4.74 Å². The number of amides is 4. The molecule has 1 aromatic heterocycles. The highest BCUT2D eigenvalue weighted by molar-refractivity contribution is 5.96. The van der Waals surface area contributed by atoms with Crippen molar-refractivity contribution in [2.75, 3.05) is 13.2 Å². The average molecular weight is 384 g/mol. The zero-order valence-corrected chi connectivity index (χ0v) is 15.7. The Hall–Kier alpha value is -2.91. The number of imidazole rings is 1. The highest BCUT2D eigenvalue weighted by atomic mass is 16.5. The largest absolute Gasteiger partial charge is 0.381 e. The predicted octanol–water partition coefficient (Wildman–Crippen LogP) is 1.72. The number of ether oxygens (including phenoxy) is 1. The van der Waals surface area contributed by atoms with Crippen molar-refractivity contribution < 1.29 is 14.3 Å². The fourth-order valence-corrected chi connectivity index (χ4v) is 3.59. The molecule has 2 saturated heterocycles. The fraction of sp³-hybridized carbons (Fsp3) is 0.421. The molecule has 3 heterocycles. The van der Waals surface area contributed by atoms with E-state index in [0.717, 1.165) is 11.3 Å². The third kappa shape index (κ3) is 3.85. The summed E-state index contributed by atoms with van der Waals surface area (Å²) in [5, 5.41) is 8.90. The zero-order chi connectivity index (χ0) is 19.5. The molecule has 9 heteroatoms. The normalized spacial score (nSPS) is 20.0. The van der Waals surface area contributed by atoms with Crippen molar-refractivity contribution in [2.24, 2.45) is 0 Å². The van der Waals surface area contributed by atoms with Gasteiger partial charge in [0.05, 0.1) is 6.33 Å². The molecule has 0 aliphatic carbocycles. The third-order valence-corrected chi connectivity index (χ3v) is 5.12. The van der Waals surface area contributed by atoms with E-state index in [-0.39, 0.29) is 24.1 Å². The molecular weight excluding hydrogens is 360 g/mol. The Bertz CT molecular complexity index is 816. The van der Waals surface area contributed by atoms with Crippen LogP contribution in [0.4, 0.5) is 9.59 Å². The SMILES string of the molecule is C[C@H](NC1NC(=O)N(C2CCOCC2)C(=O)N1)c1cccc(-n2ccnc2)c1. The molecule has 4 rings (SSSR count). The first kappa shape index (κ1) is 18.5. The summed E-state index contributed by atoms with van der Waals surface area (Å²) >= 11 is 0. The molecule has 0 spiro atoms. The van der Waals surface area contributed by atoms with Gasteiger partial charge in [-0.25, -0.2) is 19.5 Å². The highest BCUT2D eigenvalue weighted by Gasteiger charge is 2.37. The second-order valence-corrected chi connectivity index (χ2v) is 7.00. The van der Waals surface area contributed by atoms with Gasteiger partial charge in [0.2, 0.25) is 0 Å². The Morgan fingerprint density at radius 1 is 1.21 bits per heavy atom. The van der Waals surface area contributed by atoms with E-state index in [9.17, 15) is 9.59 Å². The first-order valence-corrected chi connectivity index (χ1v) is 9.44. The number of carbonyl (C=O) groups excluding carboxylic acids is 2. The quantitative estimate of drug-likeness (QED) is 0.729. The van der Waals surface area contributed by atoms with E-state index in [1.165, 1.54) is 4.90 Å². The number of carbonyl (C=O) groups is 2. The lowest BCUT2D eigenvalue weighted by atomic mass is 10.1. The minimum atomic E-state index is -0.636. The molecule has 4 amide bonds. The molecular formula is C19H24N6O3. The van der Waals surface area contributed by atoms with Gasteiger partial charge in [0.15, 0.2) is 6.29 Å². The maximum Gasteiger partial charge on any atom is 0.328 e. The lowest BCUT2D eigenvalue weighted by molar-refractivity contribution is 0.0492. The summed E-state index contributed by atoms with van der Waals surface area (Å²) < 4.78 is 7.23. The van der Waals surface area contributed by atoms with Gasteiger partial charge in [-0.1, -0.05) is 12.1 Å². The minimum Gasteiger partial charge on any atom is -0.381 e. The van der Waals surface area contributed by atoms with E-state index in [0.29, 0.717) is 26.1 Å². The fourth-order valence-electron chi connectivity index (χ4n) is 3.59. The predicted molar refractivity (Wildman–Crippen MR) is 102 cm³/mol. The summed E-state index contributed by atoms with van der Waals surface area (Å²) in [5.41, 5.74) is 2.02. The van der Waals surface area contributed by atoms with Crippen LogP contribution in [-0.4, -0.2) is 52.1 Å². The summed E-state index contributed by atoms with van der Waals surface area (Å²) in [6.07, 6.45) is 6.04. The van der Waals surface area contributed by atoms with Gasteiger partial charge in [-0.05, 0) is 37.5 Å². The Morgan fingerprint density at radius 3 is 2.64 bits per heavy atom. The summed E-state index contributed by atoms with van der Waals surface area (Å²) in [4.78, 5) is 30.3. The molecule has 3 N–H and O–H groups in total. The average Bonchev–Trinajstić information content (AvgIpc) is 3.23. The summed E-state index contributed by atoms with van der Waals surface area (Å²) in [7, 11) is 0. The van der Waals surface area contributed by atoms with Crippen LogP contribution in [0, 0.1) is 0 Å². The highest BCUT2D eigenvalue weighted by Crippen LogP contribution is 2.19. The molecule has 2 aliphatic heterocycles. The summed E-state index contributed by atoms with van der Waals surface area (Å²) in [5.74, 6) is 0. The van der Waals surface area contributed by atoms with Crippen molar-refractivity contribution in [2.45, 2.75) is 38.1 Å². The molecule has 0 unspecified atom stereocenters. The van der Waals surface area contributed by atoms with Crippen molar-refractivity contribution in [1.29, 1.82) is 0 Å². The Kier molecular flexibility index (Phi) is 5.27. The van der Waals surface area contributed by atoms with Crippen LogP contribution in [0.5, 0.6) is 0 Å². The van der Waals surface area contributed by atoms with Gasteiger partial charge in [-0.15, -0.1) is 0 Å². The summed E-state index contributed by atoms with van der Waals surface area (Å²) in [6.45, 7) is 3.11. The molecule has 28 heavy (non-hydrogen) atoms. The number of aromatic nitrogens is 2. The van der Waals surface area contributed by atoms with Gasteiger partial charge >= 0.3 is 12.1 Å². The lowest BCUT2D eigenvalue weighted by Gasteiger charge is -2.39. The topological polar surface area (TPSA) is 101 Å². The Labute approximate surface area is 163 Å². The van der Waals surface area contributed by atoms with Crippen molar-refractivity contribution in [3.05, 3.63) is 48.5 Å². The standard InChI is InChI=1S/C19H24N6O3/c1-13(14-3-2-4-16(11-14)24-8-7-20-12-24)21-17-22-18(26)25(19(27)23-17)15-5-9-28-10-6-15/h2-4,7-8,11-13,15,17,21H,5-6,9-10H2,1H3,(H,22,26)(H,23,27)/t13-/m0/s1.